The molecule has 0 aliphatic carbocycles. The highest BCUT2D eigenvalue weighted by atomic mass is 79.9. The number of pyridine rings is 1. The summed E-state index contributed by atoms with van der Waals surface area (Å²) in [7, 11) is 1.52. The van der Waals surface area contributed by atoms with E-state index in [1.807, 2.05) is 13.8 Å². The number of methoxy groups -OCH3 is 1. The van der Waals surface area contributed by atoms with E-state index in [9.17, 15) is 9.59 Å². The molecule has 0 bridgehead atoms. The fourth-order valence-corrected chi connectivity index (χ4v) is 2.93. The van der Waals surface area contributed by atoms with E-state index in [0.717, 1.165) is 0 Å². The van der Waals surface area contributed by atoms with Crippen molar-refractivity contribution in [3.8, 4) is 5.75 Å². The number of carbonyl (C=O) groups is 1. The molecule has 0 fully saturated rings. The maximum absolute atomic E-state index is 12.9. The number of aromatic nitrogens is 3. The van der Waals surface area contributed by atoms with E-state index < -0.39 is 5.91 Å². The largest absolute Gasteiger partial charge is 0.497 e. The van der Waals surface area contributed by atoms with Gasteiger partial charge in [0.2, 0.25) is 0 Å². The summed E-state index contributed by atoms with van der Waals surface area (Å²) in [5.74, 6) is 0.414. The number of hydrogen-bond acceptors (Lipinski definition) is 5. The molecule has 0 spiro atoms. The van der Waals surface area contributed by atoms with Gasteiger partial charge < -0.3 is 4.74 Å². The SMILES string of the molecule is COc1ccc(Br)c(C(=O)Nn2c(C(C)C)nc3ncccc3c2=O)c1. The minimum Gasteiger partial charge on any atom is -0.497 e. The van der Waals surface area contributed by atoms with Gasteiger partial charge in [-0.1, -0.05) is 13.8 Å². The molecule has 134 valence electrons. The Morgan fingerprint density at radius 1 is 1.31 bits per heavy atom. The summed E-state index contributed by atoms with van der Waals surface area (Å²) >= 11 is 3.35. The second-order valence-corrected chi connectivity index (χ2v) is 6.78. The average Bonchev–Trinajstić information content (AvgIpc) is 2.64. The van der Waals surface area contributed by atoms with Crippen LogP contribution in [0.4, 0.5) is 0 Å². The zero-order chi connectivity index (χ0) is 18.8. The Bertz CT molecular complexity index is 1050. The van der Waals surface area contributed by atoms with Gasteiger partial charge in [-0.25, -0.2) is 14.6 Å². The highest BCUT2D eigenvalue weighted by Gasteiger charge is 2.18. The molecule has 1 aromatic carbocycles. The van der Waals surface area contributed by atoms with Gasteiger partial charge in [0.25, 0.3) is 11.5 Å². The van der Waals surface area contributed by atoms with Gasteiger partial charge in [-0.15, -0.1) is 0 Å². The molecule has 0 radical (unpaired) electrons. The molecule has 26 heavy (non-hydrogen) atoms. The predicted octanol–water partition coefficient (Wildman–Crippen LogP) is 3.07. The molecule has 0 atom stereocenters. The first-order valence-corrected chi connectivity index (χ1v) is 8.74. The van der Waals surface area contributed by atoms with Crippen molar-refractivity contribution >= 4 is 32.9 Å². The predicted molar refractivity (Wildman–Crippen MR) is 102 cm³/mol. The Kier molecular flexibility index (Phi) is 5.03. The number of carbonyl (C=O) groups excluding carboxylic acids is 1. The fraction of sp³-hybridized carbons (Fsp3) is 0.222. The number of ether oxygens (including phenoxy) is 1. The van der Waals surface area contributed by atoms with Crippen molar-refractivity contribution in [1.29, 1.82) is 0 Å². The number of fused-ring (bicyclic) bond motifs is 1. The van der Waals surface area contributed by atoms with Crippen LogP contribution in [0.5, 0.6) is 5.75 Å². The molecule has 7 nitrogen and oxygen atoms in total. The zero-order valence-electron chi connectivity index (χ0n) is 14.5. The van der Waals surface area contributed by atoms with E-state index in [4.69, 9.17) is 4.74 Å². The summed E-state index contributed by atoms with van der Waals surface area (Å²) in [6, 6.07) is 8.32. The molecule has 2 aromatic heterocycles. The van der Waals surface area contributed by atoms with Crippen LogP contribution in [-0.2, 0) is 0 Å². The molecule has 0 aliphatic rings. The molecule has 3 aromatic rings. The Morgan fingerprint density at radius 2 is 2.08 bits per heavy atom. The number of nitrogens with zero attached hydrogens (tertiary/aromatic N) is 3. The molecule has 0 aliphatic heterocycles. The third-order valence-electron chi connectivity index (χ3n) is 3.82. The van der Waals surface area contributed by atoms with Gasteiger partial charge in [0.05, 0.1) is 18.1 Å². The Labute approximate surface area is 158 Å². The van der Waals surface area contributed by atoms with Crippen LogP contribution in [0, 0.1) is 0 Å². The molecular weight excluding hydrogens is 400 g/mol. The first kappa shape index (κ1) is 18.1. The van der Waals surface area contributed by atoms with Gasteiger partial charge in [-0.05, 0) is 46.3 Å². The van der Waals surface area contributed by atoms with E-state index in [2.05, 4.69) is 31.3 Å². The van der Waals surface area contributed by atoms with Crippen molar-refractivity contribution in [1.82, 2.24) is 14.6 Å². The highest BCUT2D eigenvalue weighted by Crippen LogP contribution is 2.23. The third kappa shape index (κ3) is 3.32. The molecule has 1 N–H and O–H groups in total. The van der Waals surface area contributed by atoms with Crippen LogP contribution < -0.4 is 15.7 Å². The van der Waals surface area contributed by atoms with E-state index in [-0.39, 0.29) is 11.5 Å². The fourth-order valence-electron chi connectivity index (χ4n) is 2.50. The van der Waals surface area contributed by atoms with Crippen LogP contribution in [0.3, 0.4) is 0 Å². The van der Waals surface area contributed by atoms with Gasteiger partial charge >= 0.3 is 0 Å². The maximum Gasteiger partial charge on any atom is 0.282 e. The van der Waals surface area contributed by atoms with Crippen molar-refractivity contribution in [2.24, 2.45) is 0 Å². The van der Waals surface area contributed by atoms with Crippen LogP contribution in [0.15, 0.2) is 45.8 Å². The highest BCUT2D eigenvalue weighted by molar-refractivity contribution is 9.10. The van der Waals surface area contributed by atoms with Crippen molar-refractivity contribution < 1.29 is 9.53 Å². The molecular formula is C18H17BrN4O3. The first-order valence-electron chi connectivity index (χ1n) is 7.95. The van der Waals surface area contributed by atoms with E-state index in [1.165, 1.54) is 11.8 Å². The number of nitrogens with one attached hydrogen (secondary N) is 1. The molecule has 0 saturated heterocycles. The average molecular weight is 417 g/mol. The van der Waals surface area contributed by atoms with E-state index in [1.54, 1.807) is 36.5 Å². The molecule has 0 unspecified atom stereocenters. The lowest BCUT2D eigenvalue weighted by atomic mass is 10.2. The molecule has 0 saturated carbocycles. The Balaban J connectivity index is 2.11. The van der Waals surface area contributed by atoms with Gasteiger partial charge in [0.15, 0.2) is 5.65 Å². The second-order valence-electron chi connectivity index (χ2n) is 5.93. The minimum absolute atomic E-state index is 0.0943. The second kappa shape index (κ2) is 7.25. The van der Waals surface area contributed by atoms with Crippen molar-refractivity contribution in [2.45, 2.75) is 19.8 Å². The van der Waals surface area contributed by atoms with Crippen LogP contribution in [-0.4, -0.2) is 27.7 Å². The molecule has 8 heteroatoms. The lowest BCUT2D eigenvalue weighted by molar-refractivity contribution is 0.100. The zero-order valence-corrected chi connectivity index (χ0v) is 16.1. The van der Waals surface area contributed by atoms with Crippen LogP contribution in [0.2, 0.25) is 0 Å². The molecule has 3 rings (SSSR count). The van der Waals surface area contributed by atoms with Gasteiger partial charge in [0.1, 0.15) is 11.6 Å². The lowest BCUT2D eigenvalue weighted by Gasteiger charge is -2.16. The van der Waals surface area contributed by atoms with Gasteiger partial charge in [-0.3, -0.25) is 15.0 Å². The van der Waals surface area contributed by atoms with Crippen molar-refractivity contribution in [2.75, 3.05) is 12.5 Å². The van der Waals surface area contributed by atoms with E-state index in [0.29, 0.717) is 32.6 Å². The molecule has 1 amide bonds. The standard InChI is InChI=1S/C18H17BrN4O3/c1-10(2)16-21-15-12(5-4-8-20-15)18(25)23(16)22-17(24)13-9-11(26-3)6-7-14(13)19/h4-10H,1-3H3,(H,22,24). The summed E-state index contributed by atoms with van der Waals surface area (Å²) in [5, 5.41) is 0.335. The van der Waals surface area contributed by atoms with Crippen molar-refractivity contribution in [3.05, 3.63) is 62.7 Å². The smallest absolute Gasteiger partial charge is 0.282 e. The summed E-state index contributed by atoms with van der Waals surface area (Å²) in [5.41, 5.74) is 2.97. The van der Waals surface area contributed by atoms with Crippen LogP contribution in [0.25, 0.3) is 11.0 Å². The number of rotatable bonds is 4. The third-order valence-corrected chi connectivity index (χ3v) is 4.51. The quantitative estimate of drug-likeness (QED) is 0.705. The normalized spacial score (nSPS) is 11.0. The minimum atomic E-state index is -0.454. The number of hydrogen-bond donors (Lipinski definition) is 1. The lowest BCUT2D eigenvalue weighted by Crippen LogP contribution is -2.37. The maximum atomic E-state index is 12.9. The summed E-state index contributed by atoms with van der Waals surface area (Å²) in [4.78, 5) is 34.2. The number of amides is 1. The first-order chi connectivity index (χ1) is 12.4. The monoisotopic (exact) mass is 416 g/mol. The summed E-state index contributed by atoms with van der Waals surface area (Å²) in [6.07, 6.45) is 1.58. The Morgan fingerprint density at radius 3 is 2.77 bits per heavy atom. The number of benzene rings is 1. The number of halogens is 1. The molecule has 2 heterocycles. The summed E-state index contributed by atoms with van der Waals surface area (Å²) in [6.45, 7) is 3.78. The summed E-state index contributed by atoms with van der Waals surface area (Å²) < 4.78 is 6.94. The van der Waals surface area contributed by atoms with Crippen molar-refractivity contribution in [3.63, 3.8) is 0 Å². The topological polar surface area (TPSA) is 86.1 Å². The van der Waals surface area contributed by atoms with Crippen LogP contribution in [0.1, 0.15) is 35.9 Å². The van der Waals surface area contributed by atoms with Gasteiger partial charge in [-0.2, -0.15) is 0 Å². The van der Waals surface area contributed by atoms with Crippen LogP contribution >= 0.6 is 15.9 Å². The van der Waals surface area contributed by atoms with E-state index >= 15 is 0 Å². The Hall–Kier alpha value is -2.74. The van der Waals surface area contributed by atoms with Gasteiger partial charge in [0, 0.05) is 16.6 Å².